The lowest BCUT2D eigenvalue weighted by molar-refractivity contribution is -0.120. The summed E-state index contributed by atoms with van der Waals surface area (Å²) in [5.41, 5.74) is 3.16. The van der Waals surface area contributed by atoms with Gasteiger partial charge in [0.05, 0.1) is 10.2 Å². The number of halogens is 1. The van der Waals surface area contributed by atoms with Crippen molar-refractivity contribution in [2.45, 2.75) is 19.8 Å². The minimum atomic E-state index is 0.0573. The smallest absolute Gasteiger partial charge is 0.227 e. The van der Waals surface area contributed by atoms with Gasteiger partial charge in [-0.2, -0.15) is 0 Å². The van der Waals surface area contributed by atoms with E-state index in [0.29, 0.717) is 0 Å². The maximum Gasteiger partial charge on any atom is 0.227 e. The monoisotopic (exact) mass is 429 g/mol. The molecule has 0 spiro atoms. The van der Waals surface area contributed by atoms with Gasteiger partial charge in [0.15, 0.2) is 5.13 Å². The molecule has 134 valence electrons. The van der Waals surface area contributed by atoms with Gasteiger partial charge >= 0.3 is 0 Å². The molecule has 2 heterocycles. The van der Waals surface area contributed by atoms with Gasteiger partial charge in [0.1, 0.15) is 0 Å². The number of piperidine rings is 1. The summed E-state index contributed by atoms with van der Waals surface area (Å²) >= 11 is 5.18. The average molecular weight is 430 g/mol. The first kappa shape index (κ1) is 17.5. The van der Waals surface area contributed by atoms with Crippen LogP contribution in [-0.2, 0) is 4.79 Å². The number of nitrogens with one attached hydrogen (secondary N) is 1. The Labute approximate surface area is 165 Å². The second-order valence-electron chi connectivity index (χ2n) is 6.73. The van der Waals surface area contributed by atoms with E-state index < -0.39 is 0 Å². The average Bonchev–Trinajstić information content (AvgIpc) is 3.05. The highest BCUT2D eigenvalue weighted by Gasteiger charge is 2.26. The maximum absolute atomic E-state index is 12.5. The van der Waals surface area contributed by atoms with Gasteiger partial charge in [-0.1, -0.05) is 39.4 Å². The van der Waals surface area contributed by atoms with Crippen molar-refractivity contribution in [1.82, 2.24) is 4.98 Å². The zero-order chi connectivity index (χ0) is 18.1. The summed E-state index contributed by atoms with van der Waals surface area (Å²) in [5.74, 6) is 0.171. The Hall–Kier alpha value is -1.92. The van der Waals surface area contributed by atoms with E-state index in [1.165, 1.54) is 10.3 Å². The van der Waals surface area contributed by atoms with Crippen molar-refractivity contribution in [2.24, 2.45) is 5.92 Å². The molecule has 2 aromatic carbocycles. The Bertz CT molecular complexity index is 947. The Kier molecular flexibility index (Phi) is 4.96. The SMILES string of the molecule is Cc1ccc2nc(N3CCC(C(=O)Nc4cccc(Br)c4)CC3)sc2c1. The summed E-state index contributed by atoms with van der Waals surface area (Å²) in [6.45, 7) is 3.85. The lowest BCUT2D eigenvalue weighted by atomic mass is 9.96. The molecule has 0 bridgehead atoms. The van der Waals surface area contributed by atoms with Crippen LogP contribution in [0.4, 0.5) is 10.8 Å². The number of aromatic nitrogens is 1. The number of hydrogen-bond acceptors (Lipinski definition) is 4. The Morgan fingerprint density at radius 1 is 1.23 bits per heavy atom. The Morgan fingerprint density at radius 3 is 2.81 bits per heavy atom. The van der Waals surface area contributed by atoms with Crippen LogP contribution in [-0.4, -0.2) is 24.0 Å². The van der Waals surface area contributed by atoms with Crippen molar-refractivity contribution in [3.63, 3.8) is 0 Å². The van der Waals surface area contributed by atoms with Gasteiger partial charge in [-0.25, -0.2) is 4.98 Å². The number of fused-ring (bicyclic) bond motifs is 1. The Balaban J connectivity index is 1.39. The van der Waals surface area contributed by atoms with Gasteiger partial charge in [-0.05, 0) is 55.7 Å². The topological polar surface area (TPSA) is 45.2 Å². The fourth-order valence-corrected chi connectivity index (χ4v) is 4.81. The molecule has 1 aromatic heterocycles. The molecule has 0 unspecified atom stereocenters. The zero-order valence-corrected chi connectivity index (χ0v) is 16.9. The van der Waals surface area contributed by atoms with Crippen LogP contribution in [0.25, 0.3) is 10.2 Å². The van der Waals surface area contributed by atoms with Gasteiger partial charge in [0.2, 0.25) is 5.91 Å². The summed E-state index contributed by atoms with van der Waals surface area (Å²) in [4.78, 5) is 19.6. The maximum atomic E-state index is 12.5. The number of carbonyl (C=O) groups is 1. The minimum absolute atomic E-state index is 0.0573. The van der Waals surface area contributed by atoms with Gasteiger partial charge in [0, 0.05) is 29.2 Å². The van der Waals surface area contributed by atoms with Crippen LogP contribution < -0.4 is 10.2 Å². The van der Waals surface area contributed by atoms with Crippen molar-refractivity contribution in [3.8, 4) is 0 Å². The van der Waals surface area contributed by atoms with E-state index in [2.05, 4.69) is 51.3 Å². The highest BCUT2D eigenvalue weighted by molar-refractivity contribution is 9.10. The van der Waals surface area contributed by atoms with E-state index in [1.807, 2.05) is 24.3 Å². The number of carbonyl (C=O) groups excluding carboxylic acids is 1. The van der Waals surface area contributed by atoms with E-state index >= 15 is 0 Å². The number of thiazole rings is 1. The first-order chi connectivity index (χ1) is 12.6. The number of rotatable bonds is 3. The predicted octanol–water partition coefficient (Wildman–Crippen LogP) is 5.22. The lowest BCUT2D eigenvalue weighted by Gasteiger charge is -2.31. The summed E-state index contributed by atoms with van der Waals surface area (Å²) in [7, 11) is 0. The summed E-state index contributed by atoms with van der Waals surface area (Å²) in [6, 6.07) is 14.1. The predicted molar refractivity (Wildman–Crippen MR) is 112 cm³/mol. The minimum Gasteiger partial charge on any atom is -0.348 e. The number of aryl methyl sites for hydroxylation is 1. The number of benzene rings is 2. The van der Waals surface area contributed by atoms with Crippen LogP contribution in [0.1, 0.15) is 18.4 Å². The van der Waals surface area contributed by atoms with E-state index in [9.17, 15) is 4.79 Å². The van der Waals surface area contributed by atoms with E-state index in [-0.39, 0.29) is 11.8 Å². The molecule has 4 rings (SSSR count). The number of hydrogen-bond donors (Lipinski definition) is 1. The molecule has 0 atom stereocenters. The van der Waals surface area contributed by atoms with Crippen LogP contribution >= 0.6 is 27.3 Å². The van der Waals surface area contributed by atoms with Crippen LogP contribution in [0.3, 0.4) is 0 Å². The third kappa shape index (κ3) is 3.76. The molecular formula is C20H20BrN3OS. The third-order valence-corrected chi connectivity index (χ3v) is 6.33. The van der Waals surface area contributed by atoms with E-state index in [1.54, 1.807) is 11.3 Å². The van der Waals surface area contributed by atoms with Crippen LogP contribution in [0, 0.1) is 12.8 Å². The summed E-state index contributed by atoms with van der Waals surface area (Å²) in [6.07, 6.45) is 1.71. The van der Waals surface area contributed by atoms with Gasteiger partial charge in [-0.3, -0.25) is 4.79 Å². The molecule has 0 aliphatic carbocycles. The summed E-state index contributed by atoms with van der Waals surface area (Å²) < 4.78 is 2.20. The second kappa shape index (κ2) is 7.37. The van der Waals surface area contributed by atoms with Gasteiger partial charge < -0.3 is 10.2 Å². The van der Waals surface area contributed by atoms with Crippen molar-refractivity contribution in [1.29, 1.82) is 0 Å². The molecule has 0 saturated carbocycles. The van der Waals surface area contributed by atoms with E-state index in [0.717, 1.165) is 46.7 Å². The summed E-state index contributed by atoms with van der Waals surface area (Å²) in [5, 5.41) is 4.10. The van der Waals surface area contributed by atoms with Crippen molar-refractivity contribution in [3.05, 3.63) is 52.5 Å². The molecule has 0 radical (unpaired) electrons. The zero-order valence-electron chi connectivity index (χ0n) is 14.5. The third-order valence-electron chi connectivity index (χ3n) is 4.76. The highest BCUT2D eigenvalue weighted by Crippen LogP contribution is 2.32. The van der Waals surface area contributed by atoms with Crippen molar-refractivity contribution >= 4 is 54.2 Å². The fourth-order valence-electron chi connectivity index (χ4n) is 3.30. The molecule has 1 saturated heterocycles. The first-order valence-electron chi connectivity index (χ1n) is 8.77. The normalized spacial score (nSPS) is 15.4. The molecule has 4 nitrogen and oxygen atoms in total. The standard InChI is InChI=1S/C20H20BrN3OS/c1-13-5-6-17-18(11-13)26-20(23-17)24-9-7-14(8-10-24)19(25)22-16-4-2-3-15(21)12-16/h2-6,11-12,14H,7-10H2,1H3,(H,22,25). The van der Waals surface area contributed by atoms with Crippen molar-refractivity contribution < 1.29 is 4.79 Å². The molecule has 26 heavy (non-hydrogen) atoms. The molecular weight excluding hydrogens is 410 g/mol. The van der Waals surface area contributed by atoms with Gasteiger partial charge in [-0.15, -0.1) is 0 Å². The van der Waals surface area contributed by atoms with E-state index in [4.69, 9.17) is 4.98 Å². The molecule has 3 aromatic rings. The molecule has 1 aliphatic heterocycles. The fraction of sp³-hybridized carbons (Fsp3) is 0.300. The van der Waals surface area contributed by atoms with Crippen molar-refractivity contribution in [2.75, 3.05) is 23.3 Å². The van der Waals surface area contributed by atoms with Crippen LogP contribution in [0.2, 0.25) is 0 Å². The Morgan fingerprint density at radius 2 is 2.04 bits per heavy atom. The highest BCUT2D eigenvalue weighted by atomic mass is 79.9. The second-order valence-corrected chi connectivity index (χ2v) is 8.65. The van der Waals surface area contributed by atoms with Crippen LogP contribution in [0.15, 0.2) is 46.9 Å². The van der Waals surface area contributed by atoms with Gasteiger partial charge in [0.25, 0.3) is 0 Å². The van der Waals surface area contributed by atoms with Crippen LogP contribution in [0.5, 0.6) is 0 Å². The first-order valence-corrected chi connectivity index (χ1v) is 10.4. The molecule has 1 aliphatic rings. The lowest BCUT2D eigenvalue weighted by Crippen LogP contribution is -2.38. The molecule has 6 heteroatoms. The largest absolute Gasteiger partial charge is 0.348 e. The number of nitrogens with zero attached hydrogens (tertiary/aromatic N) is 2. The number of amides is 1. The molecule has 1 N–H and O–H groups in total. The molecule has 1 fully saturated rings. The quantitative estimate of drug-likeness (QED) is 0.620. The number of anilines is 2. The molecule has 1 amide bonds.